The highest BCUT2D eigenvalue weighted by Gasteiger charge is 2.40. The van der Waals surface area contributed by atoms with Gasteiger partial charge in [0.15, 0.2) is 0 Å². The number of carbonyl (C=O) groups is 2. The number of nitrogens with zero attached hydrogens (tertiary/aromatic N) is 2. The maximum absolute atomic E-state index is 12.9. The van der Waals surface area contributed by atoms with Gasteiger partial charge >= 0.3 is 6.18 Å². The van der Waals surface area contributed by atoms with Gasteiger partial charge < -0.3 is 10.2 Å². The molecule has 0 aromatic heterocycles. The van der Waals surface area contributed by atoms with E-state index in [2.05, 4.69) is 10.2 Å². The highest BCUT2D eigenvalue weighted by molar-refractivity contribution is 6.42. The Morgan fingerprint density at radius 2 is 1.77 bits per heavy atom. The first kappa shape index (κ1) is 26.3. The molecular formula is C25H30Cl2F3N3O2. The fourth-order valence-electron chi connectivity index (χ4n) is 5.43. The van der Waals surface area contributed by atoms with Crippen molar-refractivity contribution in [1.29, 1.82) is 0 Å². The lowest BCUT2D eigenvalue weighted by Crippen LogP contribution is -2.45. The third-order valence-electron chi connectivity index (χ3n) is 7.58. The molecule has 3 aliphatic rings. The van der Waals surface area contributed by atoms with Gasteiger partial charge in [-0.15, -0.1) is 0 Å². The van der Waals surface area contributed by atoms with Crippen LogP contribution in [-0.2, 0) is 4.79 Å². The van der Waals surface area contributed by atoms with E-state index in [0.29, 0.717) is 36.0 Å². The summed E-state index contributed by atoms with van der Waals surface area (Å²) in [6.07, 6.45) is 1.39. The van der Waals surface area contributed by atoms with E-state index in [-0.39, 0.29) is 42.3 Å². The van der Waals surface area contributed by atoms with Gasteiger partial charge in [0.25, 0.3) is 5.91 Å². The number of hydrogen-bond acceptors (Lipinski definition) is 3. The number of nitrogens with one attached hydrogen (secondary N) is 1. The first-order chi connectivity index (χ1) is 16.6. The van der Waals surface area contributed by atoms with Gasteiger partial charge in [-0.3, -0.25) is 14.5 Å². The molecule has 5 nitrogen and oxygen atoms in total. The molecule has 2 fully saturated rings. The second-order valence-electron chi connectivity index (χ2n) is 9.70. The van der Waals surface area contributed by atoms with Crippen molar-refractivity contribution >= 4 is 35.0 Å². The molecule has 10 heteroatoms. The number of likely N-dealkylation sites (tertiary alicyclic amines) is 2. The molecule has 2 amide bonds. The molecular weight excluding hydrogens is 502 g/mol. The van der Waals surface area contributed by atoms with Crippen molar-refractivity contribution < 1.29 is 22.8 Å². The highest BCUT2D eigenvalue weighted by Crippen LogP contribution is 2.40. The molecule has 1 aliphatic carbocycles. The summed E-state index contributed by atoms with van der Waals surface area (Å²) in [4.78, 5) is 29.1. The van der Waals surface area contributed by atoms with Crippen LogP contribution in [0, 0.1) is 11.8 Å². The summed E-state index contributed by atoms with van der Waals surface area (Å²) < 4.78 is 38.8. The van der Waals surface area contributed by atoms with Crippen LogP contribution in [0.3, 0.4) is 0 Å². The van der Waals surface area contributed by atoms with Crippen molar-refractivity contribution in [3.8, 4) is 0 Å². The Morgan fingerprint density at radius 1 is 1.03 bits per heavy atom. The number of carbonyl (C=O) groups excluding carboxylic acids is 2. The normalized spacial score (nSPS) is 24.4. The van der Waals surface area contributed by atoms with E-state index in [0.717, 1.165) is 32.4 Å². The van der Waals surface area contributed by atoms with Crippen molar-refractivity contribution in [2.45, 2.75) is 50.7 Å². The van der Waals surface area contributed by atoms with Crippen LogP contribution in [-0.4, -0.2) is 66.6 Å². The number of hydrogen-bond donors (Lipinski definition) is 1. The van der Waals surface area contributed by atoms with Gasteiger partial charge in [0.05, 0.1) is 22.5 Å². The molecule has 1 N–H and O–H groups in total. The second-order valence-corrected chi connectivity index (χ2v) is 10.5. The summed E-state index contributed by atoms with van der Waals surface area (Å²) in [5.41, 5.74) is 1.54. The number of amides is 2. The smallest absolute Gasteiger partial charge is 0.343 e. The molecule has 35 heavy (non-hydrogen) atoms. The van der Waals surface area contributed by atoms with Crippen molar-refractivity contribution in [3.05, 3.63) is 45.5 Å². The first-order valence-electron chi connectivity index (χ1n) is 12.1. The molecule has 2 unspecified atom stereocenters. The number of alkyl halides is 3. The van der Waals surface area contributed by atoms with Crippen molar-refractivity contribution in [1.82, 2.24) is 15.1 Å². The van der Waals surface area contributed by atoms with Gasteiger partial charge in [-0.05, 0) is 75.7 Å². The van der Waals surface area contributed by atoms with E-state index < -0.39 is 12.1 Å². The Labute approximate surface area is 213 Å². The van der Waals surface area contributed by atoms with E-state index in [1.165, 1.54) is 11.6 Å². The number of piperidine rings is 1. The van der Waals surface area contributed by atoms with Crippen LogP contribution in [0.2, 0.25) is 10.0 Å². The summed E-state index contributed by atoms with van der Waals surface area (Å²) in [5, 5.41) is 3.29. The van der Waals surface area contributed by atoms with E-state index in [9.17, 15) is 22.8 Å². The first-order valence-corrected chi connectivity index (χ1v) is 12.9. The number of rotatable bonds is 5. The zero-order valence-electron chi connectivity index (χ0n) is 19.4. The standard InChI is InChI=1S/C25H30Cl2F3N3O2/c26-21-6-3-18(13-22(21)27)24(35)31-14-23(34)33-12-9-20(15-33)32-10-7-17(8-11-32)16-1-4-19(5-2-16)25(28,29)30/h1,3,6,13,17,19-20H,2,4-5,7-12,14-15H2,(H,31,35). The molecule has 1 aromatic rings. The van der Waals surface area contributed by atoms with Crippen LogP contribution in [0.25, 0.3) is 0 Å². The van der Waals surface area contributed by atoms with E-state index >= 15 is 0 Å². The number of benzene rings is 1. The summed E-state index contributed by atoms with van der Waals surface area (Å²) in [5.74, 6) is -1.33. The van der Waals surface area contributed by atoms with Gasteiger partial charge in [-0.1, -0.05) is 34.9 Å². The molecule has 2 heterocycles. The molecule has 1 aromatic carbocycles. The molecule has 2 aliphatic heterocycles. The molecule has 4 rings (SSSR count). The van der Waals surface area contributed by atoms with Crippen LogP contribution in [0.1, 0.15) is 48.9 Å². The van der Waals surface area contributed by atoms with Crippen molar-refractivity contribution in [3.63, 3.8) is 0 Å². The Kier molecular flexibility index (Phi) is 8.34. The Morgan fingerprint density at radius 3 is 2.40 bits per heavy atom. The predicted molar refractivity (Wildman–Crippen MR) is 130 cm³/mol. The third-order valence-corrected chi connectivity index (χ3v) is 8.32. The zero-order chi connectivity index (χ0) is 25.2. The molecule has 0 bridgehead atoms. The average Bonchev–Trinajstić information content (AvgIpc) is 3.34. The fourth-order valence-corrected chi connectivity index (χ4v) is 5.73. The lowest BCUT2D eigenvalue weighted by molar-refractivity contribution is -0.176. The molecule has 0 radical (unpaired) electrons. The van der Waals surface area contributed by atoms with Crippen LogP contribution in [0.5, 0.6) is 0 Å². The van der Waals surface area contributed by atoms with Gasteiger partial charge in [0, 0.05) is 24.7 Å². The van der Waals surface area contributed by atoms with Gasteiger partial charge in [-0.2, -0.15) is 13.2 Å². The van der Waals surface area contributed by atoms with Crippen molar-refractivity contribution in [2.75, 3.05) is 32.7 Å². The van der Waals surface area contributed by atoms with Crippen LogP contribution >= 0.6 is 23.2 Å². The Balaban J connectivity index is 1.20. The summed E-state index contributed by atoms with van der Waals surface area (Å²) in [6.45, 7) is 2.98. The van der Waals surface area contributed by atoms with E-state index in [1.54, 1.807) is 17.0 Å². The highest BCUT2D eigenvalue weighted by atomic mass is 35.5. The number of allylic oxidation sites excluding steroid dienone is 2. The zero-order valence-corrected chi connectivity index (χ0v) is 20.9. The van der Waals surface area contributed by atoms with Gasteiger partial charge in [-0.25, -0.2) is 0 Å². The van der Waals surface area contributed by atoms with Crippen LogP contribution in [0.4, 0.5) is 13.2 Å². The van der Waals surface area contributed by atoms with Crippen molar-refractivity contribution in [2.24, 2.45) is 11.8 Å². The monoisotopic (exact) mass is 531 g/mol. The topological polar surface area (TPSA) is 52.7 Å². The summed E-state index contributed by atoms with van der Waals surface area (Å²) in [7, 11) is 0. The lowest BCUT2D eigenvalue weighted by Gasteiger charge is -2.38. The van der Waals surface area contributed by atoms with Crippen LogP contribution < -0.4 is 5.32 Å². The molecule has 192 valence electrons. The fraction of sp³-hybridized carbons (Fsp3) is 0.600. The average molecular weight is 532 g/mol. The number of halogens is 5. The van der Waals surface area contributed by atoms with Crippen LogP contribution in [0.15, 0.2) is 29.8 Å². The maximum atomic E-state index is 12.9. The molecule has 0 saturated carbocycles. The molecule has 2 atom stereocenters. The largest absolute Gasteiger partial charge is 0.392 e. The van der Waals surface area contributed by atoms with E-state index in [4.69, 9.17) is 23.2 Å². The predicted octanol–water partition coefficient (Wildman–Crippen LogP) is 5.32. The Hall–Kier alpha value is -1.77. The molecule has 0 spiro atoms. The van der Waals surface area contributed by atoms with Gasteiger partial charge in [0.1, 0.15) is 0 Å². The minimum Gasteiger partial charge on any atom is -0.343 e. The van der Waals surface area contributed by atoms with Gasteiger partial charge in [0.2, 0.25) is 5.91 Å². The second kappa shape index (κ2) is 11.1. The SMILES string of the molecule is O=C(NCC(=O)N1CCC(N2CCC(C3=CCC(C(F)(F)F)CC3)CC2)C1)c1ccc(Cl)c(Cl)c1. The third kappa shape index (κ3) is 6.52. The minimum atomic E-state index is -4.09. The quantitative estimate of drug-likeness (QED) is 0.522. The lowest BCUT2D eigenvalue weighted by atomic mass is 9.79. The Bertz CT molecular complexity index is 977. The van der Waals surface area contributed by atoms with E-state index in [1.807, 2.05) is 6.08 Å². The molecule has 2 saturated heterocycles. The maximum Gasteiger partial charge on any atom is 0.392 e. The minimum absolute atomic E-state index is 0.0824. The summed E-state index contributed by atoms with van der Waals surface area (Å²) in [6, 6.07) is 4.85. The summed E-state index contributed by atoms with van der Waals surface area (Å²) >= 11 is 11.8.